The molecule has 126 valence electrons. The quantitative estimate of drug-likeness (QED) is 0.401. The van der Waals surface area contributed by atoms with Gasteiger partial charge in [0.1, 0.15) is 5.78 Å². The summed E-state index contributed by atoms with van der Waals surface area (Å²) in [5.41, 5.74) is 5.45. The molecule has 2 fully saturated rings. The van der Waals surface area contributed by atoms with Crippen molar-refractivity contribution in [2.24, 2.45) is 5.73 Å². The van der Waals surface area contributed by atoms with Crippen molar-refractivity contribution in [2.75, 3.05) is 12.3 Å². The van der Waals surface area contributed by atoms with Crippen LogP contribution in [0.5, 0.6) is 0 Å². The number of hydrogen-bond acceptors (Lipinski definition) is 4. The predicted molar refractivity (Wildman–Crippen MR) is 91.1 cm³/mol. The second-order valence-corrected chi connectivity index (χ2v) is 7.63. The van der Waals surface area contributed by atoms with Crippen LogP contribution in [0.3, 0.4) is 0 Å². The van der Waals surface area contributed by atoms with Crippen LogP contribution in [0.4, 0.5) is 4.79 Å². The number of nitrogens with one attached hydrogen (secondary N) is 2. The van der Waals surface area contributed by atoms with Crippen LogP contribution in [0.25, 0.3) is 0 Å². The van der Waals surface area contributed by atoms with E-state index in [9.17, 15) is 9.59 Å². The van der Waals surface area contributed by atoms with Gasteiger partial charge in [-0.3, -0.25) is 4.79 Å². The number of amides is 2. The summed E-state index contributed by atoms with van der Waals surface area (Å²) >= 11 is 1.94. The van der Waals surface area contributed by atoms with Crippen LogP contribution in [0.2, 0.25) is 0 Å². The minimum absolute atomic E-state index is 0.0230. The SMILES string of the molecule is NCCCCCCC(=O)CCCC[C@@H]1SCC2NC(=O)NC21. The van der Waals surface area contributed by atoms with Gasteiger partial charge in [-0.2, -0.15) is 11.8 Å². The largest absolute Gasteiger partial charge is 0.332 e. The molecule has 0 bridgehead atoms. The van der Waals surface area contributed by atoms with Crippen LogP contribution in [0.15, 0.2) is 0 Å². The van der Waals surface area contributed by atoms with Crippen molar-refractivity contribution in [2.45, 2.75) is 75.1 Å². The summed E-state index contributed by atoms with van der Waals surface area (Å²) in [5, 5.41) is 6.48. The zero-order valence-electron chi connectivity index (χ0n) is 13.3. The zero-order valence-corrected chi connectivity index (χ0v) is 14.1. The maximum Gasteiger partial charge on any atom is 0.315 e. The summed E-state index contributed by atoms with van der Waals surface area (Å²) in [6.45, 7) is 0.755. The van der Waals surface area contributed by atoms with Crippen LogP contribution in [-0.4, -0.2) is 41.4 Å². The number of rotatable bonds is 11. The summed E-state index contributed by atoms with van der Waals surface area (Å²) in [7, 11) is 0. The van der Waals surface area contributed by atoms with Gasteiger partial charge >= 0.3 is 6.03 Å². The summed E-state index contributed by atoms with van der Waals surface area (Å²) < 4.78 is 0. The van der Waals surface area contributed by atoms with E-state index in [0.717, 1.165) is 63.7 Å². The first kappa shape index (κ1) is 17.6. The number of Topliss-reactive ketones (excluding diaryl/α,β-unsaturated/α-hetero) is 1. The van der Waals surface area contributed by atoms with Gasteiger partial charge in [-0.05, 0) is 32.2 Å². The second kappa shape index (κ2) is 9.40. The Labute approximate surface area is 137 Å². The van der Waals surface area contributed by atoms with Crippen molar-refractivity contribution in [3.8, 4) is 0 Å². The first-order valence-electron chi connectivity index (χ1n) is 8.61. The molecule has 3 atom stereocenters. The molecule has 2 aliphatic heterocycles. The lowest BCUT2D eigenvalue weighted by atomic mass is 10.0. The van der Waals surface area contributed by atoms with Crippen LogP contribution in [0.1, 0.15) is 57.8 Å². The van der Waals surface area contributed by atoms with E-state index in [0.29, 0.717) is 23.5 Å². The average molecular weight is 327 g/mol. The van der Waals surface area contributed by atoms with Gasteiger partial charge < -0.3 is 16.4 Å². The summed E-state index contributed by atoms with van der Waals surface area (Å²) in [6.07, 6.45) is 8.95. The van der Waals surface area contributed by atoms with E-state index >= 15 is 0 Å². The number of carbonyl (C=O) groups excluding carboxylic acids is 2. The van der Waals surface area contributed by atoms with Crippen molar-refractivity contribution < 1.29 is 9.59 Å². The third kappa shape index (κ3) is 5.47. The average Bonchev–Trinajstić information content (AvgIpc) is 3.03. The fourth-order valence-electron chi connectivity index (χ4n) is 3.26. The van der Waals surface area contributed by atoms with Crippen molar-refractivity contribution in [3.05, 3.63) is 0 Å². The minimum atomic E-state index is -0.0230. The molecule has 0 spiro atoms. The molecule has 6 heteroatoms. The molecular formula is C16H29N3O2S. The van der Waals surface area contributed by atoms with Gasteiger partial charge in [0.15, 0.2) is 0 Å². The van der Waals surface area contributed by atoms with E-state index < -0.39 is 0 Å². The molecule has 0 radical (unpaired) electrons. The van der Waals surface area contributed by atoms with Gasteiger partial charge in [0.25, 0.3) is 0 Å². The number of ketones is 1. The molecule has 0 aliphatic carbocycles. The van der Waals surface area contributed by atoms with Crippen LogP contribution in [0, 0.1) is 0 Å². The Balaban J connectivity index is 1.49. The molecule has 5 nitrogen and oxygen atoms in total. The van der Waals surface area contributed by atoms with Gasteiger partial charge in [-0.1, -0.05) is 19.3 Å². The highest BCUT2D eigenvalue weighted by molar-refractivity contribution is 8.00. The lowest BCUT2D eigenvalue weighted by Gasteiger charge is -2.16. The topological polar surface area (TPSA) is 84.2 Å². The monoisotopic (exact) mass is 327 g/mol. The van der Waals surface area contributed by atoms with Crippen molar-refractivity contribution in [1.82, 2.24) is 10.6 Å². The van der Waals surface area contributed by atoms with E-state index in [1.165, 1.54) is 0 Å². The van der Waals surface area contributed by atoms with Gasteiger partial charge in [0, 0.05) is 23.8 Å². The number of hydrogen-bond donors (Lipinski definition) is 3. The number of urea groups is 1. The summed E-state index contributed by atoms with van der Waals surface area (Å²) in [4.78, 5) is 23.1. The highest BCUT2D eigenvalue weighted by Gasteiger charge is 2.42. The molecule has 2 saturated heterocycles. The number of carbonyl (C=O) groups is 2. The number of thioether (sulfide) groups is 1. The highest BCUT2D eigenvalue weighted by Crippen LogP contribution is 2.33. The third-order valence-electron chi connectivity index (χ3n) is 4.54. The predicted octanol–water partition coefficient (Wildman–Crippen LogP) is 2.19. The Hall–Kier alpha value is -0.750. The molecule has 0 aromatic rings. The number of fused-ring (bicyclic) bond motifs is 1. The summed E-state index contributed by atoms with van der Waals surface area (Å²) in [6, 6.07) is 0.568. The standard InChI is InChI=1S/C16H29N3O2S/c17-10-6-2-1-3-7-12(20)8-4-5-9-14-15-13(11-22-14)18-16(21)19-15/h13-15H,1-11,17H2,(H2,18,19,21)/t13?,14-,15?/m0/s1. The third-order valence-corrected chi connectivity index (χ3v) is 6.05. The molecule has 0 saturated carbocycles. The Kier molecular flexibility index (Phi) is 7.52. The van der Waals surface area contributed by atoms with E-state index in [1.54, 1.807) is 0 Å². The minimum Gasteiger partial charge on any atom is -0.332 e. The Morgan fingerprint density at radius 2 is 1.82 bits per heavy atom. The van der Waals surface area contributed by atoms with E-state index in [1.807, 2.05) is 11.8 Å². The van der Waals surface area contributed by atoms with Gasteiger partial charge in [0.05, 0.1) is 12.1 Å². The molecule has 0 aromatic heterocycles. The lowest BCUT2D eigenvalue weighted by molar-refractivity contribution is -0.119. The molecule has 2 heterocycles. The normalized spacial score (nSPS) is 26.6. The van der Waals surface area contributed by atoms with E-state index in [4.69, 9.17) is 5.73 Å². The van der Waals surface area contributed by atoms with Crippen molar-refractivity contribution in [3.63, 3.8) is 0 Å². The first-order valence-corrected chi connectivity index (χ1v) is 9.66. The first-order chi connectivity index (χ1) is 10.7. The van der Waals surface area contributed by atoms with Crippen molar-refractivity contribution >= 4 is 23.6 Å². The highest BCUT2D eigenvalue weighted by atomic mass is 32.2. The maximum absolute atomic E-state index is 11.8. The molecule has 0 aromatic carbocycles. The second-order valence-electron chi connectivity index (χ2n) is 6.36. The molecule has 4 N–H and O–H groups in total. The van der Waals surface area contributed by atoms with Gasteiger partial charge in [-0.15, -0.1) is 0 Å². The van der Waals surface area contributed by atoms with Crippen LogP contribution >= 0.6 is 11.8 Å². The van der Waals surface area contributed by atoms with Crippen molar-refractivity contribution in [1.29, 1.82) is 0 Å². The zero-order chi connectivity index (χ0) is 15.8. The lowest BCUT2D eigenvalue weighted by Crippen LogP contribution is -2.36. The Bertz CT molecular complexity index is 378. The Morgan fingerprint density at radius 1 is 1.09 bits per heavy atom. The van der Waals surface area contributed by atoms with Gasteiger partial charge in [-0.25, -0.2) is 4.79 Å². The summed E-state index contributed by atoms with van der Waals surface area (Å²) in [5.74, 6) is 1.41. The van der Waals surface area contributed by atoms with Gasteiger partial charge in [0.2, 0.25) is 0 Å². The molecule has 2 amide bonds. The molecule has 2 rings (SSSR count). The molecule has 2 aliphatic rings. The smallest absolute Gasteiger partial charge is 0.315 e. The molecule has 22 heavy (non-hydrogen) atoms. The molecular weight excluding hydrogens is 298 g/mol. The van der Waals surface area contributed by atoms with E-state index in [-0.39, 0.29) is 12.1 Å². The fraction of sp³-hybridized carbons (Fsp3) is 0.875. The van der Waals surface area contributed by atoms with Crippen LogP contribution < -0.4 is 16.4 Å². The number of unbranched alkanes of at least 4 members (excludes halogenated alkanes) is 4. The van der Waals surface area contributed by atoms with Crippen LogP contribution in [-0.2, 0) is 4.79 Å². The Morgan fingerprint density at radius 3 is 2.59 bits per heavy atom. The molecule has 2 unspecified atom stereocenters. The van der Waals surface area contributed by atoms with E-state index in [2.05, 4.69) is 10.6 Å². The fourth-order valence-corrected chi connectivity index (χ4v) is 4.80. The number of nitrogens with two attached hydrogens (primary N) is 1. The maximum atomic E-state index is 11.8.